The Kier molecular flexibility index (Phi) is 3.18. The van der Waals surface area contributed by atoms with Gasteiger partial charge in [0.05, 0.1) is 5.39 Å². The van der Waals surface area contributed by atoms with E-state index in [1.165, 1.54) is 4.88 Å². The van der Waals surface area contributed by atoms with Crippen LogP contribution < -0.4 is 5.32 Å². The van der Waals surface area contributed by atoms with Gasteiger partial charge in [-0.3, -0.25) is 0 Å². The van der Waals surface area contributed by atoms with Crippen LogP contribution in [0.15, 0.2) is 6.07 Å². The van der Waals surface area contributed by atoms with Crippen molar-refractivity contribution in [3.8, 4) is 0 Å². The smallest absolute Gasteiger partial charge is 0.138 e. The van der Waals surface area contributed by atoms with E-state index in [0.29, 0.717) is 5.92 Å². The van der Waals surface area contributed by atoms with Crippen molar-refractivity contribution < 1.29 is 4.74 Å². The number of fused-ring (bicyclic) bond motifs is 1. The lowest BCUT2D eigenvalue weighted by molar-refractivity contribution is 0.0837. The van der Waals surface area contributed by atoms with Crippen LogP contribution in [0.4, 0.5) is 5.82 Å². The number of nitrogens with zero attached hydrogens (tertiary/aromatic N) is 2. The highest BCUT2D eigenvalue weighted by Crippen LogP contribution is 2.32. The van der Waals surface area contributed by atoms with Gasteiger partial charge in [-0.2, -0.15) is 0 Å². The molecule has 0 radical (unpaired) electrons. The Morgan fingerprint density at radius 1 is 1.33 bits per heavy atom. The lowest BCUT2D eigenvalue weighted by Gasteiger charge is -2.21. The second-order valence-corrected chi connectivity index (χ2v) is 5.88. The predicted octanol–water partition coefficient (Wildman–Crippen LogP) is 2.94. The number of hydrogen-bond acceptors (Lipinski definition) is 5. The van der Waals surface area contributed by atoms with Crippen molar-refractivity contribution in [2.75, 3.05) is 25.6 Å². The summed E-state index contributed by atoms with van der Waals surface area (Å²) in [7, 11) is 1.92. The number of rotatable bonds is 2. The standard InChI is InChI=1S/C13H17N3OS/c1-8-7-10-12(14-2)15-11(16-13(10)18-8)9-3-5-17-6-4-9/h7,9H,3-6H2,1-2H3,(H,14,15,16). The van der Waals surface area contributed by atoms with E-state index in [1.54, 1.807) is 11.3 Å². The molecule has 0 spiro atoms. The van der Waals surface area contributed by atoms with Gasteiger partial charge in [-0.05, 0) is 25.8 Å². The molecular weight excluding hydrogens is 246 g/mol. The van der Waals surface area contributed by atoms with E-state index in [0.717, 1.165) is 47.9 Å². The first-order valence-corrected chi connectivity index (χ1v) is 7.13. The summed E-state index contributed by atoms with van der Waals surface area (Å²) < 4.78 is 5.40. The third-order valence-electron chi connectivity index (χ3n) is 3.36. The number of nitrogens with one attached hydrogen (secondary N) is 1. The first-order chi connectivity index (χ1) is 8.78. The minimum Gasteiger partial charge on any atom is -0.381 e. The van der Waals surface area contributed by atoms with Crippen molar-refractivity contribution in [3.63, 3.8) is 0 Å². The Labute approximate surface area is 110 Å². The van der Waals surface area contributed by atoms with E-state index in [1.807, 2.05) is 7.05 Å². The molecule has 0 unspecified atom stereocenters. The molecule has 0 atom stereocenters. The monoisotopic (exact) mass is 263 g/mol. The van der Waals surface area contributed by atoms with Crippen molar-refractivity contribution in [1.29, 1.82) is 0 Å². The van der Waals surface area contributed by atoms with Gasteiger partial charge in [0.1, 0.15) is 16.5 Å². The van der Waals surface area contributed by atoms with E-state index in [2.05, 4.69) is 23.3 Å². The van der Waals surface area contributed by atoms with Gasteiger partial charge in [-0.25, -0.2) is 9.97 Å². The van der Waals surface area contributed by atoms with E-state index in [-0.39, 0.29) is 0 Å². The SMILES string of the molecule is CNc1nc(C2CCOCC2)nc2sc(C)cc12. The number of hydrogen-bond donors (Lipinski definition) is 1. The van der Waals surface area contributed by atoms with Crippen LogP contribution in [0.1, 0.15) is 29.5 Å². The fourth-order valence-electron chi connectivity index (χ4n) is 2.39. The maximum Gasteiger partial charge on any atom is 0.138 e. The van der Waals surface area contributed by atoms with Crippen LogP contribution in [0.25, 0.3) is 10.2 Å². The largest absolute Gasteiger partial charge is 0.381 e. The molecule has 0 aliphatic carbocycles. The topological polar surface area (TPSA) is 47.0 Å². The Balaban J connectivity index is 2.06. The number of aryl methyl sites for hydroxylation is 1. The van der Waals surface area contributed by atoms with E-state index < -0.39 is 0 Å². The fourth-order valence-corrected chi connectivity index (χ4v) is 3.27. The summed E-state index contributed by atoms with van der Waals surface area (Å²) in [4.78, 5) is 11.8. The Morgan fingerprint density at radius 2 is 2.11 bits per heavy atom. The molecule has 1 aliphatic rings. The first-order valence-electron chi connectivity index (χ1n) is 6.31. The Morgan fingerprint density at radius 3 is 2.83 bits per heavy atom. The fraction of sp³-hybridized carbons (Fsp3) is 0.538. The molecule has 0 aromatic carbocycles. The molecule has 1 fully saturated rings. The van der Waals surface area contributed by atoms with Crippen molar-refractivity contribution in [3.05, 3.63) is 16.8 Å². The molecule has 1 saturated heterocycles. The molecule has 1 N–H and O–H groups in total. The highest BCUT2D eigenvalue weighted by molar-refractivity contribution is 7.18. The highest BCUT2D eigenvalue weighted by Gasteiger charge is 2.20. The summed E-state index contributed by atoms with van der Waals surface area (Å²) in [6.45, 7) is 3.76. The molecule has 5 heteroatoms. The van der Waals surface area contributed by atoms with Crippen LogP contribution in [-0.4, -0.2) is 30.2 Å². The van der Waals surface area contributed by atoms with Gasteiger partial charge in [0.15, 0.2) is 0 Å². The minimum absolute atomic E-state index is 0.442. The van der Waals surface area contributed by atoms with Crippen LogP contribution in [0, 0.1) is 6.92 Å². The van der Waals surface area contributed by atoms with Gasteiger partial charge in [0.25, 0.3) is 0 Å². The lowest BCUT2D eigenvalue weighted by atomic mass is 9.99. The number of aromatic nitrogens is 2. The van der Waals surface area contributed by atoms with Crippen molar-refractivity contribution in [2.24, 2.45) is 0 Å². The maximum absolute atomic E-state index is 5.40. The molecule has 0 amide bonds. The van der Waals surface area contributed by atoms with E-state index in [9.17, 15) is 0 Å². The summed E-state index contributed by atoms with van der Waals surface area (Å²) in [6.07, 6.45) is 2.05. The average Bonchev–Trinajstić information content (AvgIpc) is 2.78. The quantitative estimate of drug-likeness (QED) is 0.905. The van der Waals surface area contributed by atoms with Crippen LogP contribution in [-0.2, 0) is 4.74 Å². The van der Waals surface area contributed by atoms with Crippen molar-refractivity contribution in [2.45, 2.75) is 25.7 Å². The third kappa shape index (κ3) is 2.08. The molecule has 3 rings (SSSR count). The zero-order chi connectivity index (χ0) is 12.5. The van der Waals surface area contributed by atoms with Crippen LogP contribution in [0.5, 0.6) is 0 Å². The highest BCUT2D eigenvalue weighted by atomic mass is 32.1. The van der Waals surface area contributed by atoms with Gasteiger partial charge in [0, 0.05) is 31.1 Å². The number of thiophene rings is 1. The molecule has 1 aliphatic heterocycles. The van der Waals surface area contributed by atoms with Gasteiger partial charge in [-0.15, -0.1) is 11.3 Å². The molecule has 4 nitrogen and oxygen atoms in total. The minimum atomic E-state index is 0.442. The van der Waals surface area contributed by atoms with Crippen LogP contribution in [0.2, 0.25) is 0 Å². The zero-order valence-corrected chi connectivity index (χ0v) is 11.5. The molecule has 2 aromatic heterocycles. The molecule has 3 heterocycles. The Hall–Kier alpha value is -1.20. The summed E-state index contributed by atoms with van der Waals surface area (Å²) in [5.74, 6) is 2.36. The second kappa shape index (κ2) is 4.82. The van der Waals surface area contributed by atoms with Crippen molar-refractivity contribution in [1.82, 2.24) is 9.97 Å². The molecule has 0 saturated carbocycles. The summed E-state index contributed by atoms with van der Waals surface area (Å²) in [6, 6.07) is 2.15. The van der Waals surface area contributed by atoms with Crippen molar-refractivity contribution >= 4 is 27.4 Å². The molecule has 18 heavy (non-hydrogen) atoms. The molecule has 96 valence electrons. The summed E-state index contributed by atoms with van der Waals surface area (Å²) in [5.41, 5.74) is 0. The van der Waals surface area contributed by atoms with Gasteiger partial charge >= 0.3 is 0 Å². The number of ether oxygens (including phenoxy) is 1. The molecule has 2 aromatic rings. The van der Waals surface area contributed by atoms with Gasteiger partial charge in [0.2, 0.25) is 0 Å². The average molecular weight is 263 g/mol. The maximum atomic E-state index is 5.40. The number of anilines is 1. The van der Waals surface area contributed by atoms with Crippen LogP contribution in [0.3, 0.4) is 0 Å². The Bertz CT molecular complexity index is 561. The molecular formula is C13H17N3OS. The third-order valence-corrected chi connectivity index (χ3v) is 4.30. The lowest BCUT2D eigenvalue weighted by Crippen LogP contribution is -2.16. The van der Waals surface area contributed by atoms with E-state index in [4.69, 9.17) is 9.72 Å². The summed E-state index contributed by atoms with van der Waals surface area (Å²) in [5, 5.41) is 4.32. The van der Waals surface area contributed by atoms with Gasteiger partial charge < -0.3 is 10.1 Å². The predicted molar refractivity (Wildman–Crippen MR) is 74.5 cm³/mol. The molecule has 0 bridgehead atoms. The first kappa shape index (κ1) is 11.9. The normalized spacial score (nSPS) is 17.2. The summed E-state index contributed by atoms with van der Waals surface area (Å²) >= 11 is 1.74. The van der Waals surface area contributed by atoms with Crippen LogP contribution >= 0.6 is 11.3 Å². The van der Waals surface area contributed by atoms with Gasteiger partial charge in [-0.1, -0.05) is 0 Å². The van der Waals surface area contributed by atoms with E-state index >= 15 is 0 Å². The second-order valence-electron chi connectivity index (χ2n) is 4.64. The zero-order valence-electron chi connectivity index (χ0n) is 10.7.